The maximum atomic E-state index is 6.30. The zero-order valence-electron chi connectivity index (χ0n) is 16.4. The van der Waals surface area contributed by atoms with E-state index < -0.39 is 25.0 Å². The Balaban J connectivity index is 3.09. The topological polar surface area (TPSA) is 27.7 Å². The van der Waals surface area contributed by atoms with Gasteiger partial charge in [-0.15, -0.1) is 0 Å². The zero-order valence-corrected chi connectivity index (χ0v) is 19.4. The van der Waals surface area contributed by atoms with Gasteiger partial charge in [-0.05, 0) is 70.6 Å². The van der Waals surface area contributed by atoms with Gasteiger partial charge in [0.25, 0.3) is 0 Å². The molecule has 0 fully saturated rings. The fourth-order valence-corrected chi connectivity index (χ4v) is 3.94. The molecule has 0 aliphatic rings. The second-order valence-electron chi connectivity index (χ2n) is 8.91. The molecule has 0 bridgehead atoms. The quantitative estimate of drug-likeness (QED) is 0.557. The molecule has 0 aliphatic carbocycles. The smallest absolute Gasteiger partial charge is 0.242 e. The van der Waals surface area contributed by atoms with Crippen molar-refractivity contribution in [3.05, 3.63) is 29.3 Å². The lowest BCUT2D eigenvalue weighted by Crippen LogP contribution is -2.31. The molecule has 3 nitrogen and oxygen atoms in total. The standard InChI is InChI=1S/C17H34O3Si3/c1-21(2,3)18-13-15-11-10-12-17(20-23(7,8)9)16(15)14-19-22(4,5)6/h10-12H,13-14H2,1-9H3. The first kappa shape index (κ1) is 20.6. The van der Waals surface area contributed by atoms with Gasteiger partial charge in [-0.1, -0.05) is 12.1 Å². The largest absolute Gasteiger partial charge is 0.544 e. The third-order valence-corrected chi connectivity index (χ3v) is 5.81. The summed E-state index contributed by atoms with van der Waals surface area (Å²) in [6.45, 7) is 21.2. The van der Waals surface area contributed by atoms with Crippen LogP contribution in [0.15, 0.2) is 18.2 Å². The number of hydrogen-bond acceptors (Lipinski definition) is 3. The Bertz CT molecular complexity index is 511. The molecule has 0 aliphatic heterocycles. The lowest BCUT2D eigenvalue weighted by Gasteiger charge is -2.26. The highest BCUT2D eigenvalue weighted by Gasteiger charge is 2.23. The predicted octanol–water partition coefficient (Wildman–Crippen LogP) is 5.60. The van der Waals surface area contributed by atoms with E-state index >= 15 is 0 Å². The van der Waals surface area contributed by atoms with Crippen LogP contribution in [0.3, 0.4) is 0 Å². The van der Waals surface area contributed by atoms with E-state index in [1.165, 1.54) is 5.56 Å². The molecule has 0 atom stereocenters. The van der Waals surface area contributed by atoms with Crippen LogP contribution >= 0.6 is 0 Å². The van der Waals surface area contributed by atoms with Gasteiger partial charge in [0, 0.05) is 5.56 Å². The maximum absolute atomic E-state index is 6.30. The summed E-state index contributed by atoms with van der Waals surface area (Å²) in [6.07, 6.45) is 0. The fourth-order valence-electron chi connectivity index (χ4n) is 1.92. The summed E-state index contributed by atoms with van der Waals surface area (Å²) in [5.41, 5.74) is 2.36. The summed E-state index contributed by atoms with van der Waals surface area (Å²) in [4.78, 5) is 0. The monoisotopic (exact) mass is 370 g/mol. The predicted molar refractivity (Wildman–Crippen MR) is 107 cm³/mol. The van der Waals surface area contributed by atoms with Crippen LogP contribution in [0.1, 0.15) is 11.1 Å². The third kappa shape index (κ3) is 8.85. The van der Waals surface area contributed by atoms with Gasteiger partial charge in [0.05, 0.1) is 13.2 Å². The Hall–Kier alpha value is -0.409. The van der Waals surface area contributed by atoms with Crippen LogP contribution in [0.2, 0.25) is 58.9 Å². The fraction of sp³-hybridized carbons (Fsp3) is 0.647. The molecule has 132 valence electrons. The maximum Gasteiger partial charge on any atom is 0.242 e. The molecule has 1 aromatic carbocycles. The zero-order chi connectivity index (χ0) is 17.9. The molecular weight excluding hydrogens is 336 g/mol. The van der Waals surface area contributed by atoms with Crippen molar-refractivity contribution in [2.24, 2.45) is 0 Å². The van der Waals surface area contributed by atoms with Crippen molar-refractivity contribution in [1.29, 1.82) is 0 Å². The van der Waals surface area contributed by atoms with Crippen LogP contribution in [-0.2, 0) is 22.1 Å². The molecule has 1 aromatic rings. The molecule has 0 spiro atoms. The second-order valence-corrected chi connectivity index (χ2v) is 22.4. The first-order valence-corrected chi connectivity index (χ1v) is 18.6. The van der Waals surface area contributed by atoms with Gasteiger partial charge in [0.1, 0.15) is 5.75 Å². The minimum atomic E-state index is -1.66. The summed E-state index contributed by atoms with van der Waals surface area (Å²) in [6, 6.07) is 6.27. The Kier molecular flexibility index (Phi) is 6.86. The van der Waals surface area contributed by atoms with Crippen molar-refractivity contribution >= 4 is 25.0 Å². The Morgan fingerprint density at radius 3 is 1.70 bits per heavy atom. The average Bonchev–Trinajstić information content (AvgIpc) is 2.31. The van der Waals surface area contributed by atoms with E-state index in [1.54, 1.807) is 0 Å². The van der Waals surface area contributed by atoms with Crippen LogP contribution in [0.5, 0.6) is 5.75 Å². The van der Waals surface area contributed by atoms with Gasteiger partial charge in [-0.2, -0.15) is 0 Å². The van der Waals surface area contributed by atoms with Crippen molar-refractivity contribution in [1.82, 2.24) is 0 Å². The van der Waals surface area contributed by atoms with Crippen LogP contribution in [-0.4, -0.2) is 25.0 Å². The highest BCUT2D eigenvalue weighted by molar-refractivity contribution is 6.70. The van der Waals surface area contributed by atoms with Gasteiger partial charge < -0.3 is 13.3 Å². The molecule has 0 aromatic heterocycles. The Morgan fingerprint density at radius 1 is 0.696 bits per heavy atom. The minimum absolute atomic E-state index is 0.612. The van der Waals surface area contributed by atoms with Crippen LogP contribution in [0, 0.1) is 0 Å². The van der Waals surface area contributed by atoms with Gasteiger partial charge in [0.15, 0.2) is 16.6 Å². The number of rotatable bonds is 8. The third-order valence-electron chi connectivity index (χ3n) is 2.96. The molecule has 0 N–H and O–H groups in total. The van der Waals surface area contributed by atoms with E-state index in [9.17, 15) is 0 Å². The Morgan fingerprint density at radius 2 is 1.22 bits per heavy atom. The lowest BCUT2D eigenvalue weighted by atomic mass is 10.1. The van der Waals surface area contributed by atoms with Gasteiger partial charge in [-0.3, -0.25) is 0 Å². The van der Waals surface area contributed by atoms with Crippen LogP contribution < -0.4 is 4.43 Å². The van der Waals surface area contributed by atoms with E-state index in [0.717, 1.165) is 11.3 Å². The molecular formula is C17H34O3Si3. The van der Waals surface area contributed by atoms with E-state index in [0.29, 0.717) is 13.2 Å². The SMILES string of the molecule is C[Si](C)(C)OCc1cccc(O[Si](C)(C)C)c1CO[Si](C)(C)C. The highest BCUT2D eigenvalue weighted by atomic mass is 28.4. The van der Waals surface area contributed by atoms with Crippen molar-refractivity contribution < 1.29 is 13.3 Å². The minimum Gasteiger partial charge on any atom is -0.544 e. The number of hydrogen-bond donors (Lipinski definition) is 0. The van der Waals surface area contributed by atoms with E-state index in [1.807, 2.05) is 0 Å². The molecule has 0 heterocycles. The number of benzene rings is 1. The molecule has 23 heavy (non-hydrogen) atoms. The molecule has 0 saturated carbocycles. The molecule has 1 rings (SSSR count). The molecule has 0 radical (unpaired) electrons. The van der Waals surface area contributed by atoms with Crippen molar-refractivity contribution in [3.8, 4) is 5.75 Å². The Labute approximate surface area is 145 Å². The van der Waals surface area contributed by atoms with Gasteiger partial charge >= 0.3 is 0 Å². The highest BCUT2D eigenvalue weighted by Crippen LogP contribution is 2.28. The summed E-state index contributed by atoms with van der Waals surface area (Å²) < 4.78 is 18.6. The summed E-state index contributed by atoms with van der Waals surface area (Å²) in [5.74, 6) is 0.971. The summed E-state index contributed by atoms with van der Waals surface area (Å²) >= 11 is 0. The normalized spacial score (nSPS) is 13.3. The second kappa shape index (κ2) is 7.65. The van der Waals surface area contributed by atoms with Gasteiger partial charge in [0.2, 0.25) is 8.32 Å². The van der Waals surface area contributed by atoms with Gasteiger partial charge in [-0.25, -0.2) is 0 Å². The molecule has 0 unspecified atom stereocenters. The van der Waals surface area contributed by atoms with Crippen molar-refractivity contribution in [3.63, 3.8) is 0 Å². The van der Waals surface area contributed by atoms with E-state index in [2.05, 4.69) is 77.1 Å². The summed E-state index contributed by atoms with van der Waals surface area (Å²) in [5, 5.41) is 0. The van der Waals surface area contributed by atoms with Crippen LogP contribution in [0.4, 0.5) is 0 Å². The van der Waals surface area contributed by atoms with Crippen molar-refractivity contribution in [2.75, 3.05) is 0 Å². The van der Waals surface area contributed by atoms with E-state index in [-0.39, 0.29) is 0 Å². The average molecular weight is 371 g/mol. The molecule has 0 saturated heterocycles. The summed E-state index contributed by atoms with van der Waals surface area (Å²) in [7, 11) is -4.79. The first-order valence-electron chi connectivity index (χ1n) is 8.34. The first-order chi connectivity index (χ1) is 10.3. The van der Waals surface area contributed by atoms with E-state index in [4.69, 9.17) is 13.3 Å². The molecule has 6 heteroatoms. The lowest BCUT2D eigenvalue weighted by molar-refractivity contribution is 0.275. The van der Waals surface area contributed by atoms with Crippen molar-refractivity contribution in [2.45, 2.75) is 72.1 Å². The van der Waals surface area contributed by atoms with Crippen LogP contribution in [0.25, 0.3) is 0 Å². The molecule has 0 amide bonds.